The van der Waals surface area contributed by atoms with Gasteiger partial charge in [0.1, 0.15) is 0 Å². The first-order valence-electron chi connectivity index (χ1n) is 4.44. The fraction of sp³-hybridized carbons (Fsp3) is 1.00. The van der Waals surface area contributed by atoms with E-state index in [1.807, 2.05) is 0 Å². The molecular weight excluding hydrogens is 124 g/mol. The van der Waals surface area contributed by atoms with Gasteiger partial charge in [0.15, 0.2) is 0 Å². The van der Waals surface area contributed by atoms with Crippen LogP contribution >= 0.6 is 0 Å². The van der Waals surface area contributed by atoms with E-state index in [2.05, 4.69) is 13.8 Å². The minimum atomic E-state index is 0.593. The van der Waals surface area contributed by atoms with Crippen LogP contribution in [0.5, 0.6) is 0 Å². The van der Waals surface area contributed by atoms with E-state index < -0.39 is 0 Å². The second-order valence-corrected chi connectivity index (χ2v) is 3.41. The van der Waals surface area contributed by atoms with Gasteiger partial charge in [-0.2, -0.15) is 0 Å². The monoisotopic (exact) mass is 142 g/mol. The highest BCUT2D eigenvalue weighted by Gasteiger charge is 2.20. The maximum atomic E-state index is 5.62. The van der Waals surface area contributed by atoms with Crippen LogP contribution in [0.25, 0.3) is 0 Å². The predicted octanol–water partition coefficient (Wildman–Crippen LogP) is 2.60. The third kappa shape index (κ3) is 2.30. The van der Waals surface area contributed by atoms with Gasteiger partial charge in [-0.15, -0.1) is 0 Å². The van der Waals surface area contributed by atoms with Gasteiger partial charge in [0.25, 0.3) is 0 Å². The molecule has 60 valence electrons. The van der Waals surface area contributed by atoms with Gasteiger partial charge < -0.3 is 4.74 Å². The molecule has 0 bridgehead atoms. The third-order valence-electron chi connectivity index (χ3n) is 2.20. The summed E-state index contributed by atoms with van der Waals surface area (Å²) < 4.78 is 5.62. The van der Waals surface area contributed by atoms with Gasteiger partial charge in [0.05, 0.1) is 6.10 Å². The molecule has 1 saturated carbocycles. The van der Waals surface area contributed by atoms with Gasteiger partial charge in [0.2, 0.25) is 0 Å². The summed E-state index contributed by atoms with van der Waals surface area (Å²) in [5.41, 5.74) is 0. The molecule has 10 heavy (non-hydrogen) atoms. The molecule has 0 saturated heterocycles. The molecular formula is C9H18O. The molecule has 1 nitrogen and oxygen atoms in total. The fourth-order valence-corrected chi connectivity index (χ4v) is 1.59. The average molecular weight is 142 g/mol. The van der Waals surface area contributed by atoms with Crippen LogP contribution in [-0.4, -0.2) is 12.7 Å². The highest BCUT2D eigenvalue weighted by Crippen LogP contribution is 2.26. The summed E-state index contributed by atoms with van der Waals surface area (Å²) in [7, 11) is 0. The molecule has 0 amide bonds. The maximum Gasteiger partial charge on any atom is 0.0577 e. The number of rotatable bonds is 3. The number of ether oxygens (including phenoxy) is 1. The summed E-state index contributed by atoms with van der Waals surface area (Å²) in [5, 5.41) is 0. The van der Waals surface area contributed by atoms with E-state index in [1.54, 1.807) is 0 Å². The van der Waals surface area contributed by atoms with Crippen molar-refractivity contribution in [2.24, 2.45) is 5.92 Å². The van der Waals surface area contributed by atoms with E-state index in [0.717, 1.165) is 18.9 Å². The minimum absolute atomic E-state index is 0.593. The normalized spacial score (nSPS) is 33.0. The largest absolute Gasteiger partial charge is 0.378 e. The molecule has 0 radical (unpaired) electrons. The van der Waals surface area contributed by atoms with E-state index in [-0.39, 0.29) is 0 Å². The molecule has 0 aromatic heterocycles. The Kier molecular flexibility index (Phi) is 3.20. The molecule has 1 fully saturated rings. The average Bonchev–Trinajstić information content (AvgIpc) is 2.31. The Hall–Kier alpha value is -0.0400. The number of hydrogen-bond acceptors (Lipinski definition) is 1. The lowest BCUT2D eigenvalue weighted by Crippen LogP contribution is -2.08. The zero-order chi connectivity index (χ0) is 7.40. The van der Waals surface area contributed by atoms with Crippen molar-refractivity contribution in [2.45, 2.75) is 45.6 Å². The van der Waals surface area contributed by atoms with Gasteiger partial charge in [-0.3, -0.25) is 0 Å². The summed E-state index contributed by atoms with van der Waals surface area (Å²) >= 11 is 0. The van der Waals surface area contributed by atoms with E-state index in [9.17, 15) is 0 Å². The van der Waals surface area contributed by atoms with E-state index in [1.165, 1.54) is 19.3 Å². The van der Waals surface area contributed by atoms with Crippen LogP contribution in [0, 0.1) is 5.92 Å². The van der Waals surface area contributed by atoms with Crippen LogP contribution in [0.2, 0.25) is 0 Å². The summed E-state index contributed by atoms with van der Waals surface area (Å²) in [4.78, 5) is 0. The predicted molar refractivity (Wildman–Crippen MR) is 43.0 cm³/mol. The molecule has 1 rings (SSSR count). The molecule has 0 heterocycles. The van der Waals surface area contributed by atoms with E-state index in [0.29, 0.717) is 6.10 Å². The first-order chi connectivity index (χ1) is 4.83. The molecule has 0 spiro atoms. The molecule has 0 N–H and O–H groups in total. The molecule has 1 heteroatoms. The van der Waals surface area contributed by atoms with Crippen LogP contribution in [-0.2, 0) is 4.74 Å². The second-order valence-electron chi connectivity index (χ2n) is 3.41. The van der Waals surface area contributed by atoms with Crippen molar-refractivity contribution in [1.29, 1.82) is 0 Å². The van der Waals surface area contributed by atoms with Crippen LogP contribution in [0.1, 0.15) is 39.5 Å². The van der Waals surface area contributed by atoms with Crippen molar-refractivity contribution in [2.75, 3.05) is 6.61 Å². The van der Waals surface area contributed by atoms with Crippen molar-refractivity contribution in [3.8, 4) is 0 Å². The van der Waals surface area contributed by atoms with Gasteiger partial charge in [-0.25, -0.2) is 0 Å². The Morgan fingerprint density at radius 3 is 2.70 bits per heavy atom. The Labute approximate surface area is 63.8 Å². The molecule has 0 aliphatic heterocycles. The quantitative estimate of drug-likeness (QED) is 0.588. The first-order valence-corrected chi connectivity index (χ1v) is 4.44. The Morgan fingerprint density at radius 2 is 2.20 bits per heavy atom. The molecule has 0 aromatic rings. The lowest BCUT2D eigenvalue weighted by Gasteiger charge is -2.09. The fourth-order valence-electron chi connectivity index (χ4n) is 1.59. The smallest absolute Gasteiger partial charge is 0.0577 e. The standard InChI is InChI=1S/C9H18O/c1-3-6-10-9-5-4-8(2)7-9/h8-9H,3-7H2,1-2H3/t8-,9-/m0/s1. The molecule has 2 atom stereocenters. The van der Waals surface area contributed by atoms with Crippen LogP contribution in [0.3, 0.4) is 0 Å². The zero-order valence-corrected chi connectivity index (χ0v) is 7.10. The third-order valence-corrected chi connectivity index (χ3v) is 2.20. The van der Waals surface area contributed by atoms with Gasteiger partial charge in [0, 0.05) is 6.61 Å². The van der Waals surface area contributed by atoms with Crippen molar-refractivity contribution in [3.63, 3.8) is 0 Å². The molecule has 0 aromatic carbocycles. The summed E-state index contributed by atoms with van der Waals surface area (Å²) in [6.45, 7) is 5.44. The Bertz CT molecular complexity index is 90.7. The van der Waals surface area contributed by atoms with Gasteiger partial charge >= 0.3 is 0 Å². The molecule has 1 aliphatic carbocycles. The second kappa shape index (κ2) is 3.97. The minimum Gasteiger partial charge on any atom is -0.378 e. The Balaban J connectivity index is 2.06. The SMILES string of the molecule is CCCO[C@H]1CC[C@H](C)C1. The van der Waals surface area contributed by atoms with Crippen molar-refractivity contribution >= 4 is 0 Å². The lowest BCUT2D eigenvalue weighted by molar-refractivity contribution is 0.0566. The Morgan fingerprint density at radius 1 is 1.40 bits per heavy atom. The molecule has 1 aliphatic rings. The lowest BCUT2D eigenvalue weighted by atomic mass is 10.1. The maximum absolute atomic E-state index is 5.62. The first kappa shape index (κ1) is 8.06. The topological polar surface area (TPSA) is 9.23 Å². The van der Waals surface area contributed by atoms with Crippen LogP contribution in [0.4, 0.5) is 0 Å². The zero-order valence-electron chi connectivity index (χ0n) is 7.10. The van der Waals surface area contributed by atoms with Crippen molar-refractivity contribution in [1.82, 2.24) is 0 Å². The van der Waals surface area contributed by atoms with E-state index in [4.69, 9.17) is 4.74 Å². The van der Waals surface area contributed by atoms with Gasteiger partial charge in [-0.05, 0) is 31.6 Å². The van der Waals surface area contributed by atoms with Crippen molar-refractivity contribution < 1.29 is 4.74 Å². The van der Waals surface area contributed by atoms with E-state index >= 15 is 0 Å². The highest BCUT2D eigenvalue weighted by atomic mass is 16.5. The van der Waals surface area contributed by atoms with Crippen LogP contribution in [0.15, 0.2) is 0 Å². The summed E-state index contributed by atoms with van der Waals surface area (Å²) in [5.74, 6) is 0.904. The highest BCUT2D eigenvalue weighted by molar-refractivity contribution is 4.72. The summed E-state index contributed by atoms with van der Waals surface area (Å²) in [6, 6.07) is 0. The number of hydrogen-bond donors (Lipinski definition) is 0. The summed E-state index contributed by atoms with van der Waals surface area (Å²) in [6.07, 6.45) is 5.70. The van der Waals surface area contributed by atoms with Crippen molar-refractivity contribution in [3.05, 3.63) is 0 Å². The van der Waals surface area contributed by atoms with Crippen LogP contribution < -0.4 is 0 Å². The molecule has 0 unspecified atom stereocenters. The van der Waals surface area contributed by atoms with Gasteiger partial charge in [-0.1, -0.05) is 13.8 Å².